The molecule has 154 valence electrons. The molecule has 0 amide bonds. The van der Waals surface area contributed by atoms with Crippen LogP contribution in [-0.2, 0) is 12.2 Å². The Balaban J connectivity index is 1.75. The third-order valence-electron chi connectivity index (χ3n) is 6.45. The van der Waals surface area contributed by atoms with E-state index < -0.39 is 5.60 Å². The summed E-state index contributed by atoms with van der Waals surface area (Å²) in [7, 11) is 0. The average molecular weight is 407 g/mol. The number of hydrogen-bond acceptors (Lipinski definition) is 2. The highest BCUT2D eigenvalue weighted by molar-refractivity contribution is 5.96. The van der Waals surface area contributed by atoms with E-state index in [0.717, 1.165) is 33.6 Å². The number of hydrogen-bond donors (Lipinski definition) is 1. The first kappa shape index (κ1) is 19.6. The molecule has 0 saturated carbocycles. The number of aliphatic hydroxyl groups excluding tert-OH is 1. The molecule has 1 atom stereocenters. The first-order chi connectivity index (χ1) is 15.0. The van der Waals surface area contributed by atoms with Crippen LogP contribution >= 0.6 is 0 Å². The minimum atomic E-state index is -0.722. The van der Waals surface area contributed by atoms with Gasteiger partial charge in [0.25, 0.3) is 0 Å². The molecule has 0 fully saturated rings. The molecule has 0 bridgehead atoms. The van der Waals surface area contributed by atoms with Gasteiger partial charge in [-0.1, -0.05) is 66.7 Å². The summed E-state index contributed by atoms with van der Waals surface area (Å²) in [5, 5.41) is 11.9. The van der Waals surface area contributed by atoms with E-state index >= 15 is 0 Å². The van der Waals surface area contributed by atoms with Crippen molar-refractivity contribution >= 4 is 16.8 Å². The fourth-order valence-corrected chi connectivity index (χ4v) is 4.54. The fourth-order valence-electron chi connectivity index (χ4n) is 4.54. The second-order valence-electron chi connectivity index (χ2n) is 8.49. The lowest BCUT2D eigenvalue weighted by Gasteiger charge is -2.37. The van der Waals surface area contributed by atoms with E-state index in [-0.39, 0.29) is 6.61 Å². The Hall–Kier alpha value is -3.36. The number of benzene rings is 4. The lowest BCUT2D eigenvalue weighted by atomic mass is 9.82. The maximum Gasteiger partial charge on any atom is 0.178 e. The predicted octanol–water partition coefficient (Wildman–Crippen LogP) is 6.61. The van der Waals surface area contributed by atoms with Crippen LogP contribution in [0.2, 0.25) is 0 Å². The summed E-state index contributed by atoms with van der Waals surface area (Å²) in [6, 6.07) is 25.1. The highest BCUT2D eigenvalue weighted by Gasteiger charge is 2.37. The number of rotatable bonds is 3. The van der Waals surface area contributed by atoms with E-state index in [9.17, 15) is 5.11 Å². The van der Waals surface area contributed by atoms with Crippen LogP contribution < -0.4 is 4.74 Å². The van der Waals surface area contributed by atoms with Gasteiger partial charge in [-0.15, -0.1) is 0 Å². The van der Waals surface area contributed by atoms with Crippen LogP contribution in [0.4, 0.5) is 0 Å². The summed E-state index contributed by atoms with van der Waals surface area (Å²) in [6.45, 7) is 6.47. The van der Waals surface area contributed by atoms with Crippen LogP contribution in [-0.4, -0.2) is 5.11 Å². The SMILES string of the molecule is Cc1cc2cc(C)c3c(c2cc1C)C=CC(c1ccccc1)(c1ccc(CO)cc1)O3. The van der Waals surface area contributed by atoms with Crippen LogP contribution in [0, 0.1) is 20.8 Å². The van der Waals surface area contributed by atoms with E-state index in [1.165, 1.54) is 21.9 Å². The van der Waals surface area contributed by atoms with Crippen LogP contribution in [0.3, 0.4) is 0 Å². The Morgan fingerprint density at radius 2 is 1.42 bits per heavy atom. The zero-order valence-electron chi connectivity index (χ0n) is 18.1. The summed E-state index contributed by atoms with van der Waals surface area (Å²) < 4.78 is 6.92. The summed E-state index contributed by atoms with van der Waals surface area (Å²) in [6.07, 6.45) is 4.39. The second-order valence-corrected chi connectivity index (χ2v) is 8.49. The monoisotopic (exact) mass is 406 g/mol. The van der Waals surface area contributed by atoms with Crippen molar-refractivity contribution in [1.82, 2.24) is 0 Å². The molecule has 0 spiro atoms. The van der Waals surface area contributed by atoms with Gasteiger partial charge in [-0.3, -0.25) is 0 Å². The number of fused-ring (bicyclic) bond motifs is 3. The molecule has 5 rings (SSSR count). The zero-order chi connectivity index (χ0) is 21.6. The normalized spacial score (nSPS) is 17.4. The van der Waals surface area contributed by atoms with Crippen molar-refractivity contribution in [3.63, 3.8) is 0 Å². The molecule has 31 heavy (non-hydrogen) atoms. The molecule has 0 saturated heterocycles. The summed E-state index contributed by atoms with van der Waals surface area (Å²) in [5.74, 6) is 0.924. The lowest BCUT2D eigenvalue weighted by Crippen LogP contribution is -2.34. The third-order valence-corrected chi connectivity index (χ3v) is 6.45. The van der Waals surface area contributed by atoms with Gasteiger partial charge in [-0.2, -0.15) is 0 Å². The Morgan fingerprint density at radius 1 is 0.774 bits per heavy atom. The first-order valence-electron chi connectivity index (χ1n) is 10.7. The molecule has 4 aromatic carbocycles. The van der Waals surface area contributed by atoms with E-state index in [4.69, 9.17) is 4.74 Å². The van der Waals surface area contributed by atoms with Crippen molar-refractivity contribution in [2.75, 3.05) is 0 Å². The van der Waals surface area contributed by atoms with E-state index in [1.807, 2.05) is 30.3 Å². The number of aryl methyl sites for hydroxylation is 3. The second kappa shape index (κ2) is 7.40. The standard InChI is InChI=1S/C29H26O2/c1-19-15-23-16-21(3)28-26(27(23)17-20(19)2)13-14-29(31-28,24-7-5-4-6-8-24)25-11-9-22(18-30)10-12-25/h4-17,30H,18H2,1-3H3. The van der Waals surface area contributed by atoms with Crippen molar-refractivity contribution in [3.8, 4) is 5.75 Å². The van der Waals surface area contributed by atoms with Crippen molar-refractivity contribution in [2.24, 2.45) is 0 Å². The smallest absolute Gasteiger partial charge is 0.178 e. The highest BCUT2D eigenvalue weighted by atomic mass is 16.5. The molecular weight excluding hydrogens is 380 g/mol. The molecule has 2 heteroatoms. The molecule has 4 aromatic rings. The maximum absolute atomic E-state index is 9.48. The quantitative estimate of drug-likeness (QED) is 0.415. The Morgan fingerprint density at radius 3 is 2.13 bits per heavy atom. The minimum Gasteiger partial charge on any atom is -0.473 e. The molecule has 0 aliphatic carbocycles. The van der Waals surface area contributed by atoms with Crippen LogP contribution in [0.25, 0.3) is 16.8 Å². The molecule has 1 aliphatic heterocycles. The Kier molecular flexibility index (Phi) is 4.68. The van der Waals surface area contributed by atoms with Crippen molar-refractivity contribution < 1.29 is 9.84 Å². The lowest BCUT2D eigenvalue weighted by molar-refractivity contribution is 0.160. The van der Waals surface area contributed by atoms with Crippen molar-refractivity contribution in [2.45, 2.75) is 33.0 Å². The number of ether oxygens (including phenoxy) is 1. The summed E-state index contributed by atoms with van der Waals surface area (Å²) in [4.78, 5) is 0. The Bertz CT molecular complexity index is 1300. The Labute approximate surface area is 183 Å². The fraction of sp³-hybridized carbons (Fsp3) is 0.172. The first-order valence-corrected chi connectivity index (χ1v) is 10.7. The molecule has 2 nitrogen and oxygen atoms in total. The van der Waals surface area contributed by atoms with E-state index in [0.29, 0.717) is 0 Å². The van der Waals surface area contributed by atoms with Crippen LogP contribution in [0.15, 0.2) is 78.9 Å². The van der Waals surface area contributed by atoms with Gasteiger partial charge in [-0.05, 0) is 72.0 Å². The van der Waals surface area contributed by atoms with E-state index in [1.54, 1.807) is 0 Å². The van der Waals surface area contributed by atoms with Gasteiger partial charge in [0, 0.05) is 16.7 Å². The molecule has 1 N–H and O–H groups in total. The van der Waals surface area contributed by atoms with Crippen molar-refractivity contribution in [3.05, 3.63) is 118 Å². The largest absolute Gasteiger partial charge is 0.473 e. The average Bonchev–Trinajstić information content (AvgIpc) is 2.81. The molecule has 0 aromatic heterocycles. The predicted molar refractivity (Wildman–Crippen MR) is 127 cm³/mol. The summed E-state index contributed by atoms with van der Waals surface area (Å²) in [5.41, 5.74) is 7.13. The van der Waals surface area contributed by atoms with Gasteiger partial charge >= 0.3 is 0 Å². The van der Waals surface area contributed by atoms with Crippen molar-refractivity contribution in [1.29, 1.82) is 0 Å². The van der Waals surface area contributed by atoms with Crippen LogP contribution in [0.1, 0.15) is 38.9 Å². The molecular formula is C29H26O2. The molecule has 0 radical (unpaired) electrons. The maximum atomic E-state index is 9.48. The number of aliphatic hydroxyl groups is 1. The molecule has 1 heterocycles. The highest BCUT2D eigenvalue weighted by Crippen LogP contribution is 2.46. The van der Waals surface area contributed by atoms with Gasteiger partial charge in [0.15, 0.2) is 5.60 Å². The minimum absolute atomic E-state index is 0.0298. The van der Waals surface area contributed by atoms with Gasteiger partial charge < -0.3 is 9.84 Å². The molecule has 1 aliphatic rings. The van der Waals surface area contributed by atoms with Gasteiger partial charge in [0.05, 0.1) is 6.61 Å². The van der Waals surface area contributed by atoms with Crippen LogP contribution in [0.5, 0.6) is 5.75 Å². The topological polar surface area (TPSA) is 29.5 Å². The van der Waals surface area contributed by atoms with Gasteiger partial charge in [0.1, 0.15) is 5.75 Å². The summed E-state index contributed by atoms with van der Waals surface area (Å²) >= 11 is 0. The molecule has 1 unspecified atom stereocenters. The van der Waals surface area contributed by atoms with E-state index in [2.05, 4.69) is 75.4 Å². The van der Waals surface area contributed by atoms with Gasteiger partial charge in [-0.25, -0.2) is 0 Å². The zero-order valence-corrected chi connectivity index (χ0v) is 18.1. The van der Waals surface area contributed by atoms with Gasteiger partial charge in [0.2, 0.25) is 0 Å². The third kappa shape index (κ3) is 3.15.